The van der Waals surface area contributed by atoms with Gasteiger partial charge in [0.05, 0.1) is 17.2 Å². The molecule has 0 aliphatic carbocycles. The summed E-state index contributed by atoms with van der Waals surface area (Å²) in [7, 11) is -4.59. The quantitative estimate of drug-likeness (QED) is 0.908. The summed E-state index contributed by atoms with van der Waals surface area (Å²) in [5.74, 6) is -3.14. The molecule has 1 aromatic carbocycles. The zero-order chi connectivity index (χ0) is 14.6. The van der Waals surface area contributed by atoms with Crippen LogP contribution in [0.2, 0.25) is 0 Å². The summed E-state index contributed by atoms with van der Waals surface area (Å²) in [6.45, 7) is 1.86. The maximum absolute atomic E-state index is 12.6. The highest BCUT2D eigenvalue weighted by atomic mass is 32.2. The molecular weight excluding hydrogens is 288 g/mol. The van der Waals surface area contributed by atoms with E-state index < -0.39 is 15.6 Å². The maximum atomic E-state index is 12.6. The first kappa shape index (κ1) is 15.2. The zero-order valence-electron chi connectivity index (χ0n) is 10.9. The van der Waals surface area contributed by atoms with Gasteiger partial charge < -0.3 is 10.1 Å². The summed E-state index contributed by atoms with van der Waals surface area (Å²) in [6, 6.07) is 5.74. The van der Waals surface area contributed by atoms with Crippen LogP contribution in [0.5, 0.6) is 0 Å². The standard InChI is InChI=1S/C13H17F2NO3S/c14-13(15)20(17,18)12-6-2-1-5-11(12)16-8-10-4-3-7-19-9-10/h1-2,5-6,10,13,16H,3-4,7-9H2. The molecule has 1 aromatic rings. The van der Waals surface area contributed by atoms with E-state index in [0.717, 1.165) is 19.4 Å². The van der Waals surface area contributed by atoms with Gasteiger partial charge in [0.2, 0.25) is 9.84 Å². The molecule has 0 radical (unpaired) electrons. The van der Waals surface area contributed by atoms with Gasteiger partial charge in [-0.15, -0.1) is 0 Å². The van der Waals surface area contributed by atoms with Crippen LogP contribution in [0.4, 0.5) is 14.5 Å². The van der Waals surface area contributed by atoms with Crippen LogP contribution in [0.1, 0.15) is 12.8 Å². The minimum Gasteiger partial charge on any atom is -0.384 e. The third kappa shape index (κ3) is 3.46. The minimum atomic E-state index is -4.59. The SMILES string of the molecule is O=S(=O)(c1ccccc1NCC1CCCOC1)C(F)F. The number of benzene rings is 1. The third-order valence-electron chi connectivity index (χ3n) is 3.26. The van der Waals surface area contributed by atoms with Crippen molar-refractivity contribution in [1.29, 1.82) is 0 Å². The fourth-order valence-corrected chi connectivity index (χ4v) is 3.09. The molecule has 4 nitrogen and oxygen atoms in total. The summed E-state index contributed by atoms with van der Waals surface area (Å²) in [5.41, 5.74) is 0.221. The molecule has 2 rings (SSSR count). The number of para-hydroxylation sites is 1. The van der Waals surface area contributed by atoms with Crippen LogP contribution in [0.25, 0.3) is 0 Å². The molecule has 1 N–H and O–H groups in total. The highest BCUT2D eigenvalue weighted by Crippen LogP contribution is 2.26. The van der Waals surface area contributed by atoms with Gasteiger partial charge in [0.15, 0.2) is 0 Å². The normalized spacial score (nSPS) is 20.1. The van der Waals surface area contributed by atoms with Gasteiger partial charge in [0, 0.05) is 13.2 Å². The van der Waals surface area contributed by atoms with E-state index >= 15 is 0 Å². The molecule has 1 unspecified atom stereocenters. The number of rotatable bonds is 5. The second kappa shape index (κ2) is 6.49. The number of hydrogen-bond acceptors (Lipinski definition) is 4. The van der Waals surface area contributed by atoms with Gasteiger partial charge in [-0.25, -0.2) is 8.42 Å². The zero-order valence-corrected chi connectivity index (χ0v) is 11.7. The largest absolute Gasteiger partial charge is 0.384 e. The van der Waals surface area contributed by atoms with E-state index in [0.29, 0.717) is 13.2 Å². The lowest BCUT2D eigenvalue weighted by atomic mass is 10.0. The summed E-state index contributed by atoms with van der Waals surface area (Å²) in [6.07, 6.45) is 1.94. The summed E-state index contributed by atoms with van der Waals surface area (Å²) >= 11 is 0. The van der Waals surface area contributed by atoms with Crippen LogP contribution in [0, 0.1) is 5.92 Å². The second-order valence-electron chi connectivity index (χ2n) is 4.77. The minimum absolute atomic E-state index is 0.221. The average molecular weight is 305 g/mol. The van der Waals surface area contributed by atoms with E-state index in [1.807, 2.05) is 0 Å². The van der Waals surface area contributed by atoms with Crippen LogP contribution < -0.4 is 5.32 Å². The Balaban J connectivity index is 2.12. The van der Waals surface area contributed by atoms with E-state index in [2.05, 4.69) is 5.32 Å². The molecule has 1 saturated heterocycles. The first-order chi connectivity index (χ1) is 9.51. The molecule has 1 heterocycles. The molecule has 0 aromatic heterocycles. The molecule has 7 heteroatoms. The van der Waals surface area contributed by atoms with Gasteiger partial charge in [0.25, 0.3) is 0 Å². The number of hydrogen-bond donors (Lipinski definition) is 1. The molecule has 0 amide bonds. The highest BCUT2D eigenvalue weighted by Gasteiger charge is 2.29. The molecule has 1 fully saturated rings. The van der Waals surface area contributed by atoms with Gasteiger partial charge in [-0.1, -0.05) is 12.1 Å². The van der Waals surface area contributed by atoms with E-state index in [1.165, 1.54) is 18.2 Å². The van der Waals surface area contributed by atoms with Gasteiger partial charge in [0.1, 0.15) is 0 Å². The first-order valence-electron chi connectivity index (χ1n) is 6.44. The highest BCUT2D eigenvalue weighted by molar-refractivity contribution is 7.91. The Morgan fingerprint density at radius 2 is 2.10 bits per heavy atom. The molecule has 0 spiro atoms. The first-order valence-corrected chi connectivity index (χ1v) is 7.99. The van der Waals surface area contributed by atoms with Crippen molar-refractivity contribution in [3.05, 3.63) is 24.3 Å². The Morgan fingerprint density at radius 3 is 2.75 bits per heavy atom. The molecule has 20 heavy (non-hydrogen) atoms. The van der Waals surface area contributed by atoms with Crippen molar-refractivity contribution >= 4 is 15.5 Å². The van der Waals surface area contributed by atoms with E-state index in [-0.39, 0.29) is 16.5 Å². The van der Waals surface area contributed by atoms with E-state index in [1.54, 1.807) is 6.07 Å². The van der Waals surface area contributed by atoms with Gasteiger partial charge in [-0.3, -0.25) is 0 Å². The summed E-state index contributed by atoms with van der Waals surface area (Å²) < 4.78 is 53.8. The van der Waals surface area contributed by atoms with Crippen molar-refractivity contribution in [3.63, 3.8) is 0 Å². The van der Waals surface area contributed by atoms with Crippen molar-refractivity contribution < 1.29 is 21.9 Å². The van der Waals surface area contributed by atoms with Crippen LogP contribution >= 0.6 is 0 Å². The number of halogens is 2. The summed E-state index contributed by atoms with van der Waals surface area (Å²) in [5, 5.41) is 2.95. The smallest absolute Gasteiger partial charge is 0.341 e. The van der Waals surface area contributed by atoms with Crippen LogP contribution in [-0.2, 0) is 14.6 Å². The van der Waals surface area contributed by atoms with Gasteiger partial charge in [-0.05, 0) is 30.9 Å². The molecule has 1 aliphatic rings. The van der Waals surface area contributed by atoms with Crippen molar-refractivity contribution in [3.8, 4) is 0 Å². The Hall–Kier alpha value is -1.21. The topological polar surface area (TPSA) is 55.4 Å². The fourth-order valence-electron chi connectivity index (χ4n) is 2.18. The van der Waals surface area contributed by atoms with E-state index in [9.17, 15) is 17.2 Å². The van der Waals surface area contributed by atoms with E-state index in [4.69, 9.17) is 4.74 Å². The molecule has 1 atom stereocenters. The Bertz CT molecular complexity index is 542. The average Bonchev–Trinajstić information content (AvgIpc) is 2.46. The van der Waals surface area contributed by atoms with Crippen molar-refractivity contribution in [2.75, 3.05) is 25.1 Å². The van der Waals surface area contributed by atoms with Crippen molar-refractivity contribution in [2.24, 2.45) is 5.92 Å². The molecule has 1 aliphatic heterocycles. The number of alkyl halides is 2. The van der Waals surface area contributed by atoms with Crippen LogP contribution in [0.3, 0.4) is 0 Å². The number of sulfone groups is 1. The Labute approximate surface area is 117 Å². The fraction of sp³-hybridized carbons (Fsp3) is 0.538. The lowest BCUT2D eigenvalue weighted by molar-refractivity contribution is 0.0595. The van der Waals surface area contributed by atoms with Crippen molar-refractivity contribution in [2.45, 2.75) is 23.5 Å². The molecule has 0 bridgehead atoms. The van der Waals surface area contributed by atoms with Crippen LogP contribution in [0.15, 0.2) is 29.2 Å². The number of anilines is 1. The predicted octanol–water partition coefficient (Wildman–Crippen LogP) is 2.52. The number of nitrogens with one attached hydrogen (secondary N) is 1. The van der Waals surface area contributed by atoms with Gasteiger partial charge in [-0.2, -0.15) is 8.78 Å². The Kier molecular flexibility index (Phi) is 4.93. The summed E-state index contributed by atoms with van der Waals surface area (Å²) in [4.78, 5) is -0.355. The lowest BCUT2D eigenvalue weighted by Crippen LogP contribution is -2.25. The number of ether oxygens (including phenoxy) is 1. The molecule has 0 saturated carbocycles. The molecule has 112 valence electrons. The van der Waals surface area contributed by atoms with Crippen molar-refractivity contribution in [1.82, 2.24) is 0 Å². The Morgan fingerprint density at radius 1 is 1.35 bits per heavy atom. The van der Waals surface area contributed by atoms with Crippen LogP contribution in [-0.4, -0.2) is 33.9 Å². The maximum Gasteiger partial charge on any atom is 0.341 e. The molecular formula is C13H17F2NO3S. The lowest BCUT2D eigenvalue weighted by Gasteiger charge is -2.23. The second-order valence-corrected chi connectivity index (χ2v) is 6.65. The monoisotopic (exact) mass is 305 g/mol. The third-order valence-corrected chi connectivity index (χ3v) is 4.70. The van der Waals surface area contributed by atoms with Gasteiger partial charge >= 0.3 is 5.76 Å². The predicted molar refractivity (Wildman–Crippen MR) is 71.7 cm³/mol.